The van der Waals surface area contributed by atoms with Crippen molar-refractivity contribution >= 4 is 39.3 Å². The first kappa shape index (κ1) is 22.9. The molecule has 2 aromatic carbocycles. The molecule has 0 spiro atoms. The Morgan fingerprint density at radius 2 is 1.79 bits per heavy atom. The van der Waals surface area contributed by atoms with Gasteiger partial charge in [0.25, 0.3) is 5.91 Å². The van der Waals surface area contributed by atoms with Crippen LogP contribution in [0.5, 0.6) is 0 Å². The molecule has 12 heteroatoms. The van der Waals surface area contributed by atoms with Gasteiger partial charge in [-0.25, -0.2) is 14.6 Å². The van der Waals surface area contributed by atoms with Crippen LogP contribution in [0.3, 0.4) is 0 Å². The lowest BCUT2D eigenvalue weighted by atomic mass is 10.2. The molecule has 4 rings (SSSR count). The van der Waals surface area contributed by atoms with Crippen LogP contribution >= 0.6 is 27.7 Å². The average molecular weight is 535 g/mol. The third-order valence-corrected chi connectivity index (χ3v) is 5.79. The second-order valence-electron chi connectivity index (χ2n) is 6.63. The molecule has 0 aliphatic rings. The molecular weight excluding hydrogens is 521 g/mol. The van der Waals surface area contributed by atoms with Crippen molar-refractivity contribution in [2.24, 2.45) is 0 Å². The fourth-order valence-corrected chi connectivity index (χ4v) is 3.91. The summed E-state index contributed by atoms with van der Waals surface area (Å²) in [5.41, 5.74) is 0.222. The van der Waals surface area contributed by atoms with Crippen LogP contribution in [0.25, 0.3) is 5.69 Å². The number of halogens is 4. The summed E-state index contributed by atoms with van der Waals surface area (Å²) >= 11 is 4.65. The van der Waals surface area contributed by atoms with Gasteiger partial charge in [0.05, 0.1) is 16.9 Å². The number of hydrogen-bond donors (Lipinski definition) is 1. The standard InChI is InChI=1S/C21H14BrF3N6OS/c22-14-5-7-16(8-6-14)31-17(12-33-20-26-9-2-10-27-20)18(29-30-31)19(32)28-15-4-1-3-13(11-15)21(23,24)25/h1-11H,12H2,(H,28,32). The normalized spacial score (nSPS) is 11.4. The second kappa shape index (κ2) is 9.71. The van der Waals surface area contributed by atoms with Crippen molar-refractivity contribution in [3.8, 4) is 5.69 Å². The van der Waals surface area contributed by atoms with Gasteiger partial charge in [0, 0.05) is 28.3 Å². The van der Waals surface area contributed by atoms with E-state index in [1.807, 2.05) is 12.1 Å². The number of carbonyl (C=O) groups excluding carboxylic acids is 1. The Hall–Kier alpha value is -3.25. The fraction of sp³-hybridized carbons (Fsp3) is 0.0952. The second-order valence-corrected chi connectivity index (χ2v) is 8.48. The molecule has 4 aromatic rings. The number of benzene rings is 2. The first-order valence-corrected chi connectivity index (χ1v) is 11.2. The molecule has 2 aromatic heterocycles. The van der Waals surface area contributed by atoms with Gasteiger partial charge in [-0.3, -0.25) is 4.79 Å². The molecule has 0 saturated heterocycles. The minimum Gasteiger partial charge on any atom is -0.321 e. The molecule has 168 valence electrons. The van der Waals surface area contributed by atoms with E-state index < -0.39 is 17.6 Å². The van der Waals surface area contributed by atoms with Gasteiger partial charge >= 0.3 is 6.18 Å². The summed E-state index contributed by atoms with van der Waals surface area (Å²) in [4.78, 5) is 21.3. The Balaban J connectivity index is 1.65. The predicted octanol–water partition coefficient (Wildman–Crippen LogP) is 5.38. The van der Waals surface area contributed by atoms with Gasteiger partial charge in [-0.05, 0) is 48.5 Å². The zero-order valence-electron chi connectivity index (χ0n) is 16.6. The van der Waals surface area contributed by atoms with Gasteiger partial charge in [0.2, 0.25) is 0 Å². The van der Waals surface area contributed by atoms with Crippen molar-refractivity contribution in [1.82, 2.24) is 25.0 Å². The summed E-state index contributed by atoms with van der Waals surface area (Å²) in [6.45, 7) is 0. The maximum absolute atomic E-state index is 13.0. The number of nitrogens with zero attached hydrogens (tertiary/aromatic N) is 5. The Morgan fingerprint density at radius 3 is 2.48 bits per heavy atom. The van der Waals surface area contributed by atoms with E-state index in [0.717, 1.165) is 16.6 Å². The lowest BCUT2D eigenvalue weighted by molar-refractivity contribution is -0.137. The van der Waals surface area contributed by atoms with Crippen LogP contribution in [-0.2, 0) is 11.9 Å². The summed E-state index contributed by atoms with van der Waals surface area (Å²) in [5, 5.41) is 11.1. The number of anilines is 1. The number of carbonyl (C=O) groups is 1. The van der Waals surface area contributed by atoms with E-state index in [4.69, 9.17) is 0 Å². The highest BCUT2D eigenvalue weighted by atomic mass is 79.9. The van der Waals surface area contributed by atoms with Gasteiger partial charge in [-0.2, -0.15) is 13.2 Å². The number of aromatic nitrogens is 5. The molecule has 33 heavy (non-hydrogen) atoms. The van der Waals surface area contributed by atoms with Gasteiger partial charge < -0.3 is 5.32 Å². The first-order chi connectivity index (χ1) is 15.8. The third kappa shape index (κ3) is 5.57. The Bertz CT molecular complexity index is 1270. The third-order valence-electron chi connectivity index (χ3n) is 4.38. The van der Waals surface area contributed by atoms with Crippen molar-refractivity contribution in [3.05, 3.63) is 88.4 Å². The lowest BCUT2D eigenvalue weighted by Crippen LogP contribution is -2.16. The van der Waals surface area contributed by atoms with E-state index in [-0.39, 0.29) is 17.1 Å². The number of alkyl halides is 3. The van der Waals surface area contributed by atoms with Crippen molar-refractivity contribution in [2.75, 3.05) is 5.32 Å². The van der Waals surface area contributed by atoms with Crippen molar-refractivity contribution in [2.45, 2.75) is 17.1 Å². The molecule has 0 aliphatic heterocycles. The number of nitrogens with one attached hydrogen (secondary N) is 1. The summed E-state index contributed by atoms with van der Waals surface area (Å²) in [6, 6.07) is 13.3. The number of hydrogen-bond acceptors (Lipinski definition) is 6. The monoisotopic (exact) mass is 534 g/mol. The molecule has 1 N–H and O–H groups in total. The summed E-state index contributed by atoms with van der Waals surface area (Å²) in [5.74, 6) is -0.430. The van der Waals surface area contributed by atoms with Crippen LogP contribution in [-0.4, -0.2) is 30.9 Å². The van der Waals surface area contributed by atoms with E-state index >= 15 is 0 Å². The van der Waals surface area contributed by atoms with Gasteiger partial charge in [0.15, 0.2) is 10.9 Å². The molecule has 0 unspecified atom stereocenters. The Labute approximate surface area is 198 Å². The minimum atomic E-state index is -4.52. The van der Waals surface area contributed by atoms with Gasteiger partial charge in [0.1, 0.15) is 0 Å². The maximum Gasteiger partial charge on any atom is 0.416 e. The lowest BCUT2D eigenvalue weighted by Gasteiger charge is -2.10. The molecule has 0 aliphatic carbocycles. The van der Waals surface area contributed by atoms with Crippen molar-refractivity contribution < 1.29 is 18.0 Å². The zero-order valence-corrected chi connectivity index (χ0v) is 19.0. The Morgan fingerprint density at radius 1 is 1.06 bits per heavy atom. The highest BCUT2D eigenvalue weighted by Gasteiger charge is 2.30. The van der Waals surface area contributed by atoms with Crippen LogP contribution in [0.15, 0.2) is 76.6 Å². The maximum atomic E-state index is 13.0. The van der Waals surface area contributed by atoms with E-state index in [9.17, 15) is 18.0 Å². The average Bonchev–Trinajstić information content (AvgIpc) is 3.22. The highest BCUT2D eigenvalue weighted by Crippen LogP contribution is 2.31. The van der Waals surface area contributed by atoms with E-state index in [0.29, 0.717) is 16.5 Å². The zero-order chi connectivity index (χ0) is 23.4. The van der Waals surface area contributed by atoms with Gasteiger partial charge in [-0.15, -0.1) is 5.10 Å². The molecule has 0 bridgehead atoms. The predicted molar refractivity (Wildman–Crippen MR) is 120 cm³/mol. The van der Waals surface area contributed by atoms with Crippen LogP contribution in [0.1, 0.15) is 21.7 Å². The highest BCUT2D eigenvalue weighted by molar-refractivity contribution is 9.10. The SMILES string of the molecule is O=C(Nc1cccc(C(F)(F)F)c1)c1nnn(-c2ccc(Br)cc2)c1CSc1ncccn1. The van der Waals surface area contributed by atoms with E-state index in [2.05, 4.69) is 41.5 Å². The molecule has 1 amide bonds. The molecule has 0 saturated carbocycles. The molecule has 0 atom stereocenters. The molecule has 7 nitrogen and oxygen atoms in total. The van der Waals surface area contributed by atoms with Gasteiger partial charge in [-0.1, -0.05) is 39.0 Å². The minimum absolute atomic E-state index is 0.00184. The number of rotatable bonds is 6. The quantitative estimate of drug-likeness (QED) is 0.264. The molecule has 2 heterocycles. The molecule has 0 radical (unpaired) electrons. The number of thioether (sulfide) groups is 1. The largest absolute Gasteiger partial charge is 0.416 e. The number of amides is 1. The fourth-order valence-electron chi connectivity index (χ4n) is 2.85. The first-order valence-electron chi connectivity index (χ1n) is 9.40. The molecular formula is C21H14BrF3N6OS. The summed E-state index contributed by atoms with van der Waals surface area (Å²) in [7, 11) is 0. The van der Waals surface area contributed by atoms with Crippen molar-refractivity contribution in [3.63, 3.8) is 0 Å². The van der Waals surface area contributed by atoms with E-state index in [1.165, 1.54) is 28.6 Å². The van der Waals surface area contributed by atoms with Crippen LogP contribution in [0.2, 0.25) is 0 Å². The van der Waals surface area contributed by atoms with Crippen LogP contribution < -0.4 is 5.32 Å². The molecule has 0 fully saturated rings. The topological polar surface area (TPSA) is 85.6 Å². The summed E-state index contributed by atoms with van der Waals surface area (Å²) < 4.78 is 41.4. The van der Waals surface area contributed by atoms with E-state index in [1.54, 1.807) is 30.6 Å². The van der Waals surface area contributed by atoms with Crippen molar-refractivity contribution in [1.29, 1.82) is 0 Å². The summed E-state index contributed by atoms with van der Waals surface area (Å²) in [6.07, 6.45) is -1.33. The van der Waals surface area contributed by atoms with Crippen LogP contribution in [0, 0.1) is 0 Å². The smallest absolute Gasteiger partial charge is 0.321 e. The van der Waals surface area contributed by atoms with Crippen LogP contribution in [0.4, 0.5) is 18.9 Å². The Kier molecular flexibility index (Phi) is 6.75.